The van der Waals surface area contributed by atoms with Gasteiger partial charge in [0.25, 0.3) is 0 Å². The van der Waals surface area contributed by atoms with Crippen molar-refractivity contribution in [2.45, 2.75) is 31.6 Å². The predicted molar refractivity (Wildman–Crippen MR) is 122 cm³/mol. The molecule has 0 aromatic heterocycles. The van der Waals surface area contributed by atoms with Gasteiger partial charge in [0, 0.05) is 4.47 Å². The number of allylic oxidation sites excluding steroid dienone is 1. The molecule has 7 heteroatoms. The summed E-state index contributed by atoms with van der Waals surface area (Å²) in [6.07, 6.45) is 0.599. The molecule has 154 valence electrons. The van der Waals surface area contributed by atoms with Crippen molar-refractivity contribution in [3.05, 3.63) is 81.5 Å². The summed E-state index contributed by atoms with van der Waals surface area (Å²) in [5, 5.41) is 0.354. The van der Waals surface area contributed by atoms with Crippen molar-refractivity contribution < 1.29 is 14.3 Å². The highest BCUT2D eigenvalue weighted by atomic mass is 79.9. The quantitative estimate of drug-likeness (QED) is 0.567. The Kier molecular flexibility index (Phi) is 6.11. The van der Waals surface area contributed by atoms with E-state index in [0.29, 0.717) is 22.9 Å². The van der Waals surface area contributed by atoms with E-state index in [4.69, 9.17) is 4.74 Å². The largest absolute Gasteiger partial charge is 0.463 e. The Morgan fingerprint density at radius 3 is 2.53 bits per heavy atom. The molecule has 0 aliphatic carbocycles. The van der Waals surface area contributed by atoms with E-state index in [0.717, 1.165) is 15.6 Å². The number of hydrogen-bond acceptors (Lipinski definition) is 5. The number of amides is 1. The summed E-state index contributed by atoms with van der Waals surface area (Å²) in [6, 6.07) is 17.0. The minimum Gasteiger partial charge on any atom is -0.463 e. The highest BCUT2D eigenvalue weighted by Gasteiger charge is 2.47. The second-order valence-corrected chi connectivity index (χ2v) is 9.16. The van der Waals surface area contributed by atoms with Crippen molar-refractivity contribution in [3.63, 3.8) is 0 Å². The number of rotatable bonds is 5. The number of carbonyl (C=O) groups excluding carboxylic acids is 2. The van der Waals surface area contributed by atoms with Crippen LogP contribution >= 0.6 is 27.7 Å². The van der Waals surface area contributed by atoms with Crippen LogP contribution in [0, 0.1) is 0 Å². The number of hydrogen-bond donors (Lipinski definition) is 0. The molecule has 0 saturated carbocycles. The van der Waals surface area contributed by atoms with Crippen LogP contribution in [0.4, 0.5) is 0 Å². The number of ether oxygens (including phenoxy) is 1. The van der Waals surface area contributed by atoms with Crippen LogP contribution in [-0.4, -0.2) is 33.8 Å². The van der Waals surface area contributed by atoms with Crippen molar-refractivity contribution >= 4 is 44.7 Å². The number of esters is 1. The van der Waals surface area contributed by atoms with E-state index < -0.39 is 12.0 Å². The monoisotopic (exact) mass is 484 g/mol. The number of nitrogens with zero attached hydrogens (tertiary/aromatic N) is 2. The molecule has 2 aromatic carbocycles. The number of thioether (sulfide) groups is 1. The lowest BCUT2D eigenvalue weighted by Gasteiger charge is -2.33. The molecular weight excluding hydrogens is 464 g/mol. The Morgan fingerprint density at radius 2 is 1.87 bits per heavy atom. The Morgan fingerprint density at radius 1 is 1.17 bits per heavy atom. The van der Waals surface area contributed by atoms with Gasteiger partial charge >= 0.3 is 5.97 Å². The van der Waals surface area contributed by atoms with Gasteiger partial charge in [-0.15, -0.1) is 0 Å². The van der Waals surface area contributed by atoms with Gasteiger partial charge < -0.3 is 4.74 Å². The fraction of sp³-hybridized carbons (Fsp3) is 0.261. The van der Waals surface area contributed by atoms with E-state index in [1.165, 1.54) is 11.8 Å². The number of benzene rings is 2. The smallest absolute Gasteiger partial charge is 0.338 e. The summed E-state index contributed by atoms with van der Waals surface area (Å²) in [5.41, 5.74) is 2.96. The lowest BCUT2D eigenvalue weighted by molar-refractivity contribution is -0.139. The summed E-state index contributed by atoms with van der Waals surface area (Å²) in [5.74, 6) is -0.467. The van der Waals surface area contributed by atoms with Gasteiger partial charge in [-0.2, -0.15) is 0 Å². The first kappa shape index (κ1) is 20.9. The summed E-state index contributed by atoms with van der Waals surface area (Å²) < 4.78 is 6.31. The molecule has 0 N–H and O–H groups in total. The zero-order valence-corrected chi connectivity index (χ0v) is 19.1. The SMILES string of the molecule is CCOC(=O)C1=C(C)N=C2SC(Cc3ccc(Br)cc3)C(=O)N2C1c1ccccc1. The lowest BCUT2D eigenvalue weighted by atomic mass is 9.94. The third kappa shape index (κ3) is 3.96. The third-order valence-electron chi connectivity index (χ3n) is 5.10. The molecule has 1 amide bonds. The molecule has 30 heavy (non-hydrogen) atoms. The molecule has 2 aliphatic rings. The molecule has 1 saturated heterocycles. The van der Waals surface area contributed by atoms with Crippen molar-refractivity contribution in [2.75, 3.05) is 6.61 Å². The summed E-state index contributed by atoms with van der Waals surface area (Å²) in [6.45, 7) is 3.84. The number of amidine groups is 1. The molecule has 2 atom stereocenters. The zero-order valence-electron chi connectivity index (χ0n) is 16.7. The van der Waals surface area contributed by atoms with Crippen LogP contribution in [0.1, 0.15) is 31.0 Å². The van der Waals surface area contributed by atoms with Crippen LogP contribution in [0.3, 0.4) is 0 Å². The Labute approximate surface area is 188 Å². The van der Waals surface area contributed by atoms with Crippen LogP contribution in [0.5, 0.6) is 0 Å². The molecule has 4 rings (SSSR count). The Hall–Kier alpha value is -2.38. The number of fused-ring (bicyclic) bond motifs is 1. The molecule has 0 bridgehead atoms. The molecular formula is C23H21BrN2O3S. The summed E-state index contributed by atoms with van der Waals surface area (Å²) >= 11 is 4.90. The number of aliphatic imine (C=N–C) groups is 1. The van der Waals surface area contributed by atoms with Gasteiger partial charge in [0.05, 0.1) is 29.2 Å². The van der Waals surface area contributed by atoms with Crippen molar-refractivity contribution in [1.82, 2.24) is 4.90 Å². The van der Waals surface area contributed by atoms with Crippen LogP contribution < -0.4 is 0 Å². The second kappa shape index (κ2) is 8.78. The topological polar surface area (TPSA) is 59.0 Å². The highest BCUT2D eigenvalue weighted by Crippen LogP contribution is 2.44. The molecule has 2 unspecified atom stereocenters. The van der Waals surface area contributed by atoms with E-state index in [9.17, 15) is 9.59 Å². The first-order chi connectivity index (χ1) is 14.5. The predicted octanol–water partition coefficient (Wildman–Crippen LogP) is 4.88. The van der Waals surface area contributed by atoms with Crippen molar-refractivity contribution in [3.8, 4) is 0 Å². The number of carbonyl (C=O) groups is 2. The fourth-order valence-electron chi connectivity index (χ4n) is 3.72. The molecule has 2 aromatic rings. The van der Waals surface area contributed by atoms with E-state index in [1.54, 1.807) is 18.7 Å². The van der Waals surface area contributed by atoms with E-state index in [1.807, 2.05) is 54.6 Å². The van der Waals surface area contributed by atoms with Gasteiger partial charge in [0.2, 0.25) is 5.91 Å². The molecule has 0 radical (unpaired) electrons. The van der Waals surface area contributed by atoms with Gasteiger partial charge in [0.15, 0.2) is 5.17 Å². The Balaban J connectivity index is 1.71. The van der Waals surface area contributed by atoms with E-state index in [-0.39, 0.29) is 17.8 Å². The molecule has 2 heterocycles. The molecule has 2 aliphatic heterocycles. The average molecular weight is 485 g/mol. The average Bonchev–Trinajstić information content (AvgIpc) is 3.04. The summed E-state index contributed by atoms with van der Waals surface area (Å²) in [4.78, 5) is 32.5. The first-order valence-electron chi connectivity index (χ1n) is 9.75. The van der Waals surface area contributed by atoms with Crippen LogP contribution in [0.2, 0.25) is 0 Å². The second-order valence-electron chi connectivity index (χ2n) is 7.07. The maximum atomic E-state index is 13.5. The highest BCUT2D eigenvalue weighted by molar-refractivity contribution is 9.10. The lowest BCUT2D eigenvalue weighted by Crippen LogP contribution is -2.41. The summed E-state index contributed by atoms with van der Waals surface area (Å²) in [7, 11) is 0. The Bertz CT molecular complexity index is 1030. The minimum absolute atomic E-state index is 0.0372. The van der Waals surface area contributed by atoms with Gasteiger partial charge in [0.1, 0.15) is 0 Å². The van der Waals surface area contributed by atoms with E-state index >= 15 is 0 Å². The van der Waals surface area contributed by atoms with E-state index in [2.05, 4.69) is 20.9 Å². The van der Waals surface area contributed by atoms with Crippen molar-refractivity contribution in [2.24, 2.45) is 4.99 Å². The fourth-order valence-corrected chi connectivity index (χ4v) is 5.22. The van der Waals surface area contributed by atoms with Crippen LogP contribution in [0.25, 0.3) is 0 Å². The van der Waals surface area contributed by atoms with Gasteiger partial charge in [-0.3, -0.25) is 9.69 Å². The minimum atomic E-state index is -0.535. The first-order valence-corrected chi connectivity index (χ1v) is 11.4. The molecule has 1 fully saturated rings. The third-order valence-corrected chi connectivity index (χ3v) is 6.78. The maximum Gasteiger partial charge on any atom is 0.338 e. The molecule has 0 spiro atoms. The van der Waals surface area contributed by atoms with Crippen LogP contribution in [-0.2, 0) is 20.7 Å². The number of halogens is 1. The van der Waals surface area contributed by atoms with Gasteiger partial charge in [-0.05, 0) is 43.5 Å². The van der Waals surface area contributed by atoms with Crippen molar-refractivity contribution in [1.29, 1.82) is 0 Å². The zero-order chi connectivity index (χ0) is 21.3. The van der Waals surface area contributed by atoms with Gasteiger partial charge in [-0.1, -0.05) is 70.2 Å². The maximum absolute atomic E-state index is 13.5. The van der Waals surface area contributed by atoms with Crippen LogP contribution in [0.15, 0.2) is 75.3 Å². The molecule has 5 nitrogen and oxygen atoms in total. The van der Waals surface area contributed by atoms with Gasteiger partial charge in [-0.25, -0.2) is 9.79 Å². The normalized spacial score (nSPS) is 20.8. The standard InChI is InChI=1S/C23H21BrN2O3S/c1-3-29-22(28)19-14(2)25-23-26(20(19)16-7-5-4-6-8-16)21(27)18(30-23)13-15-9-11-17(24)12-10-15/h4-12,18,20H,3,13H2,1-2H3.